The van der Waals surface area contributed by atoms with Crippen molar-refractivity contribution in [1.29, 1.82) is 0 Å². The molecule has 0 saturated carbocycles. The molecule has 0 saturated heterocycles. The number of nitrogens with zero attached hydrogens (tertiary/aromatic N) is 2. The summed E-state index contributed by atoms with van der Waals surface area (Å²) < 4.78 is 6.71. The number of methoxy groups -OCH3 is 1. The Bertz CT molecular complexity index is 481. The van der Waals surface area contributed by atoms with Crippen LogP contribution in [0.25, 0.3) is 5.69 Å². The van der Waals surface area contributed by atoms with Crippen molar-refractivity contribution in [2.45, 2.75) is 0 Å². The van der Waals surface area contributed by atoms with Crippen LogP contribution in [0.3, 0.4) is 0 Å². The second-order valence-electron chi connectivity index (χ2n) is 3.03. The molecule has 5 heteroatoms. The lowest BCUT2D eigenvalue weighted by Gasteiger charge is -2.06. The topological polar surface area (TPSA) is 53.1 Å². The lowest BCUT2D eigenvalue weighted by Crippen LogP contribution is -1.97. The van der Waals surface area contributed by atoms with Crippen molar-refractivity contribution in [3.05, 3.63) is 35.6 Å². The number of hydrogen-bond donors (Lipinski definition) is 1. The number of ether oxygens (including phenoxy) is 1. The van der Waals surface area contributed by atoms with Gasteiger partial charge in [-0.05, 0) is 18.2 Å². The molecule has 0 aliphatic carbocycles. The minimum Gasteiger partial charge on any atom is -0.495 e. The Morgan fingerprint density at radius 3 is 2.80 bits per heavy atom. The molecule has 15 heavy (non-hydrogen) atoms. The van der Waals surface area contributed by atoms with E-state index in [2.05, 4.69) is 5.10 Å². The van der Waals surface area contributed by atoms with E-state index in [-0.39, 0.29) is 0 Å². The van der Waals surface area contributed by atoms with E-state index in [1.165, 1.54) is 0 Å². The van der Waals surface area contributed by atoms with E-state index in [4.69, 9.17) is 22.1 Å². The first-order valence-electron chi connectivity index (χ1n) is 4.35. The van der Waals surface area contributed by atoms with Gasteiger partial charge in [-0.1, -0.05) is 11.6 Å². The Labute approximate surface area is 92.2 Å². The maximum atomic E-state index is 5.78. The largest absolute Gasteiger partial charge is 0.495 e. The van der Waals surface area contributed by atoms with Crippen LogP contribution in [0.4, 0.5) is 5.69 Å². The van der Waals surface area contributed by atoms with Crippen molar-refractivity contribution in [2.75, 3.05) is 12.8 Å². The van der Waals surface area contributed by atoms with Crippen molar-refractivity contribution in [3.8, 4) is 11.4 Å². The number of rotatable bonds is 2. The third-order valence-corrected chi connectivity index (χ3v) is 2.22. The molecule has 0 unspecified atom stereocenters. The highest BCUT2D eigenvalue weighted by Crippen LogP contribution is 2.24. The summed E-state index contributed by atoms with van der Waals surface area (Å²) in [4.78, 5) is 0. The van der Waals surface area contributed by atoms with E-state index in [0.29, 0.717) is 16.5 Å². The summed E-state index contributed by atoms with van der Waals surface area (Å²) in [5.74, 6) is 0.650. The van der Waals surface area contributed by atoms with Crippen molar-refractivity contribution in [1.82, 2.24) is 9.78 Å². The van der Waals surface area contributed by atoms with Gasteiger partial charge < -0.3 is 10.5 Å². The minimum atomic E-state index is 0.571. The van der Waals surface area contributed by atoms with Crippen LogP contribution >= 0.6 is 11.6 Å². The predicted molar refractivity (Wildman–Crippen MR) is 59.5 cm³/mol. The van der Waals surface area contributed by atoms with E-state index < -0.39 is 0 Å². The maximum Gasteiger partial charge on any atom is 0.141 e. The summed E-state index contributed by atoms with van der Waals surface area (Å²) >= 11 is 5.77. The number of halogens is 1. The summed E-state index contributed by atoms with van der Waals surface area (Å²) in [6.45, 7) is 0. The monoisotopic (exact) mass is 223 g/mol. The van der Waals surface area contributed by atoms with Crippen LogP contribution in [0.15, 0.2) is 30.6 Å². The molecular weight excluding hydrogens is 214 g/mol. The zero-order valence-corrected chi connectivity index (χ0v) is 8.90. The Morgan fingerprint density at radius 2 is 2.27 bits per heavy atom. The van der Waals surface area contributed by atoms with Gasteiger partial charge in [0.25, 0.3) is 0 Å². The quantitative estimate of drug-likeness (QED) is 0.794. The van der Waals surface area contributed by atoms with Crippen molar-refractivity contribution in [3.63, 3.8) is 0 Å². The van der Waals surface area contributed by atoms with Crippen LogP contribution in [0.2, 0.25) is 5.02 Å². The van der Waals surface area contributed by atoms with Gasteiger partial charge in [0.1, 0.15) is 5.75 Å². The molecule has 0 aliphatic rings. The molecule has 1 aromatic heterocycles. The van der Waals surface area contributed by atoms with Crippen LogP contribution in [-0.2, 0) is 0 Å². The second-order valence-corrected chi connectivity index (χ2v) is 3.47. The van der Waals surface area contributed by atoms with Crippen LogP contribution in [0, 0.1) is 0 Å². The number of benzene rings is 1. The van der Waals surface area contributed by atoms with Gasteiger partial charge in [0.05, 0.1) is 29.7 Å². The molecule has 2 N–H and O–H groups in total. The number of aromatic nitrogens is 2. The smallest absolute Gasteiger partial charge is 0.141 e. The maximum absolute atomic E-state index is 5.78. The molecule has 0 bridgehead atoms. The van der Waals surface area contributed by atoms with Crippen LogP contribution < -0.4 is 10.5 Å². The van der Waals surface area contributed by atoms with Crippen molar-refractivity contribution < 1.29 is 4.74 Å². The summed E-state index contributed by atoms with van der Waals surface area (Å²) in [7, 11) is 1.58. The average Bonchev–Trinajstić information content (AvgIpc) is 2.65. The first-order chi connectivity index (χ1) is 7.20. The van der Waals surface area contributed by atoms with Crippen LogP contribution in [-0.4, -0.2) is 16.9 Å². The summed E-state index contributed by atoms with van der Waals surface area (Å²) in [6.07, 6.45) is 3.28. The Kier molecular flexibility index (Phi) is 2.51. The molecule has 2 rings (SSSR count). The Morgan fingerprint density at radius 1 is 1.47 bits per heavy atom. The highest BCUT2D eigenvalue weighted by Gasteiger charge is 2.03. The zero-order chi connectivity index (χ0) is 10.8. The second kappa shape index (κ2) is 3.82. The first kappa shape index (κ1) is 9.86. The van der Waals surface area contributed by atoms with Gasteiger partial charge in [-0.15, -0.1) is 0 Å². The predicted octanol–water partition coefficient (Wildman–Crippen LogP) is 2.12. The highest BCUT2D eigenvalue weighted by atomic mass is 35.5. The number of hydrogen-bond acceptors (Lipinski definition) is 3. The molecule has 0 radical (unpaired) electrons. The number of nitrogens with two attached hydrogens (primary N) is 1. The molecule has 78 valence electrons. The third-order valence-electron chi connectivity index (χ3n) is 2.03. The summed E-state index contributed by atoms with van der Waals surface area (Å²) in [5.41, 5.74) is 7.20. The zero-order valence-electron chi connectivity index (χ0n) is 8.14. The molecule has 1 aromatic carbocycles. The fourth-order valence-electron chi connectivity index (χ4n) is 1.31. The number of anilines is 1. The van der Waals surface area contributed by atoms with Crippen molar-refractivity contribution in [2.24, 2.45) is 0 Å². The molecule has 0 atom stereocenters. The van der Waals surface area contributed by atoms with Gasteiger partial charge in [-0.2, -0.15) is 5.10 Å². The summed E-state index contributed by atoms with van der Waals surface area (Å²) in [6, 6.07) is 5.43. The van der Waals surface area contributed by atoms with Gasteiger partial charge >= 0.3 is 0 Å². The molecule has 2 aromatic rings. The molecular formula is C10H10ClN3O. The summed E-state index contributed by atoms with van der Waals surface area (Å²) in [5, 5.41) is 4.66. The molecule has 0 spiro atoms. The van der Waals surface area contributed by atoms with E-state index >= 15 is 0 Å². The van der Waals surface area contributed by atoms with Crippen molar-refractivity contribution >= 4 is 17.3 Å². The first-order valence-corrected chi connectivity index (χ1v) is 4.72. The minimum absolute atomic E-state index is 0.571. The normalized spacial score (nSPS) is 10.3. The van der Waals surface area contributed by atoms with Gasteiger partial charge in [-0.3, -0.25) is 0 Å². The van der Waals surface area contributed by atoms with Gasteiger partial charge in [0, 0.05) is 6.20 Å². The highest BCUT2D eigenvalue weighted by molar-refractivity contribution is 6.30. The molecule has 1 heterocycles. The Hall–Kier alpha value is -1.68. The molecule has 4 nitrogen and oxygen atoms in total. The van der Waals surface area contributed by atoms with E-state index in [1.807, 2.05) is 6.07 Å². The van der Waals surface area contributed by atoms with Crippen LogP contribution in [0.5, 0.6) is 5.75 Å². The number of nitrogen functional groups attached to an aromatic ring is 1. The Balaban J connectivity index is 2.42. The lowest BCUT2D eigenvalue weighted by atomic mass is 10.2. The average molecular weight is 224 g/mol. The van der Waals surface area contributed by atoms with Gasteiger partial charge in [-0.25, -0.2) is 4.68 Å². The standard InChI is InChI=1S/C10H10ClN3O/c1-15-10-3-2-8(4-9(10)12)14-6-7(11)5-13-14/h2-6H,12H2,1H3. The van der Waals surface area contributed by atoms with Gasteiger partial charge in [0.15, 0.2) is 0 Å². The fourth-order valence-corrected chi connectivity index (χ4v) is 1.44. The van der Waals surface area contributed by atoms with E-state index in [1.54, 1.807) is 36.3 Å². The fraction of sp³-hybridized carbons (Fsp3) is 0.100. The molecule has 0 amide bonds. The SMILES string of the molecule is COc1ccc(-n2cc(Cl)cn2)cc1N. The molecule has 0 aliphatic heterocycles. The molecule has 0 fully saturated rings. The third kappa shape index (κ3) is 1.89. The van der Waals surface area contributed by atoms with E-state index in [0.717, 1.165) is 5.69 Å². The van der Waals surface area contributed by atoms with E-state index in [9.17, 15) is 0 Å². The lowest BCUT2D eigenvalue weighted by molar-refractivity contribution is 0.417. The van der Waals surface area contributed by atoms with Gasteiger partial charge in [0.2, 0.25) is 0 Å². The van der Waals surface area contributed by atoms with Crippen LogP contribution in [0.1, 0.15) is 0 Å².